The van der Waals surface area contributed by atoms with Gasteiger partial charge < -0.3 is 44.2 Å². The molecule has 0 aliphatic carbocycles. The number of methoxy groups -OCH3 is 1. The Hall–Kier alpha value is -4.90. The average Bonchev–Trinajstić information content (AvgIpc) is 3.37. The third kappa shape index (κ3) is 50.1. The van der Waals surface area contributed by atoms with E-state index in [9.17, 15) is 9.59 Å². The number of carboxylic acids is 1. The molecule has 0 bridgehead atoms. The number of hydrogen-bond acceptors (Lipinski definition) is 9. The standard InChI is InChI=1S/C12H16O2.C10H16N2.C9H12N2O2.C9H14N2.8C2H6/c1-9-4-6-11(7-5-9)8-10(2)12(13)14-3;1-2-9(11)7-8-3-5-10(12)6-4-8;10-7-3-1-6(2-4-7)5-8(11)9(12)13;1-7(10)6-8-2-4-9(11)5-3-8;8*1-2/h4-7,10H,8H2,1-3H3;3-6,9H,2,7,11-12H2,1H3;1-4,8H,5,10-11H2,(H,12,13);2-5,7H,6,10-11H2,1H3;8*1-2H3/t;9-;;7-;;;;;;;;/m.0.0......../s1. The van der Waals surface area contributed by atoms with E-state index in [0.29, 0.717) is 12.1 Å². The summed E-state index contributed by atoms with van der Waals surface area (Å²) < 4.78 is 4.67. The Morgan fingerprint density at radius 2 is 0.758 bits per heavy atom. The highest BCUT2D eigenvalue weighted by Gasteiger charge is 2.13. The molecule has 384 valence electrons. The summed E-state index contributed by atoms with van der Waals surface area (Å²) in [6.45, 7) is 40.0. The molecular weight excluding hydrogens is 821 g/mol. The van der Waals surface area contributed by atoms with Crippen LogP contribution in [0.1, 0.15) is 166 Å². The molecule has 0 spiro atoms. The van der Waals surface area contributed by atoms with Crippen LogP contribution in [0.4, 0.5) is 17.1 Å². The molecule has 2 unspecified atom stereocenters. The third-order valence-corrected chi connectivity index (χ3v) is 7.56. The molecule has 4 aromatic carbocycles. The van der Waals surface area contributed by atoms with E-state index >= 15 is 0 Å². The van der Waals surface area contributed by atoms with E-state index in [4.69, 9.17) is 39.5 Å². The van der Waals surface area contributed by atoms with Crippen molar-refractivity contribution in [3.8, 4) is 0 Å². The maximum absolute atomic E-state index is 11.2. The SMILES string of the molecule is CC.CC.CC.CC.CC.CC.CC.CC.CC[C@H](N)Cc1ccc(N)cc1.COC(=O)C(C)Cc1ccc(C)cc1.C[C@H](N)Cc1ccc(N)cc1.Nc1ccc(CC(N)C(=O)O)cc1. The molecule has 0 saturated carbocycles. The van der Waals surface area contributed by atoms with Crippen LogP contribution < -0.4 is 34.4 Å². The first-order valence-corrected chi connectivity index (χ1v) is 24.8. The first-order valence-electron chi connectivity index (χ1n) is 24.8. The highest BCUT2D eigenvalue weighted by Crippen LogP contribution is 2.12. The van der Waals surface area contributed by atoms with Gasteiger partial charge in [0.15, 0.2) is 0 Å². The minimum atomic E-state index is -0.989. The lowest BCUT2D eigenvalue weighted by molar-refractivity contribution is -0.144. The van der Waals surface area contributed by atoms with Crippen molar-refractivity contribution >= 4 is 29.0 Å². The van der Waals surface area contributed by atoms with Crippen molar-refractivity contribution in [2.45, 2.75) is 189 Å². The Labute approximate surface area is 408 Å². The van der Waals surface area contributed by atoms with E-state index in [-0.39, 0.29) is 24.0 Å². The van der Waals surface area contributed by atoms with Crippen molar-refractivity contribution in [3.63, 3.8) is 0 Å². The Kier molecular flexibility index (Phi) is 71.3. The lowest BCUT2D eigenvalue weighted by Gasteiger charge is -2.08. The quantitative estimate of drug-likeness (QED) is 0.0557. The summed E-state index contributed by atoms with van der Waals surface area (Å²) in [7, 11) is 1.42. The predicted molar refractivity (Wildman–Crippen MR) is 298 cm³/mol. The molecule has 0 radical (unpaired) electrons. The van der Waals surface area contributed by atoms with E-state index in [2.05, 4.69) is 35.9 Å². The third-order valence-electron chi connectivity index (χ3n) is 7.56. The normalized spacial score (nSPS) is 10.2. The predicted octanol–water partition coefficient (Wildman–Crippen LogP) is 13.5. The number of nitrogen functional groups attached to an aromatic ring is 3. The summed E-state index contributed by atoms with van der Waals surface area (Å²) >= 11 is 0. The van der Waals surface area contributed by atoms with Crippen LogP contribution in [0.2, 0.25) is 0 Å². The number of carbonyl (C=O) groups excluding carboxylic acids is 1. The second kappa shape index (κ2) is 60.1. The molecule has 0 aromatic heterocycles. The maximum Gasteiger partial charge on any atom is 0.320 e. The molecule has 10 heteroatoms. The van der Waals surface area contributed by atoms with Gasteiger partial charge in [-0.3, -0.25) is 9.59 Å². The molecule has 4 rings (SSSR count). The summed E-state index contributed by atoms with van der Waals surface area (Å²) in [4.78, 5) is 21.6. The fraction of sp³-hybridized carbons (Fsp3) is 0.536. The zero-order valence-electron chi connectivity index (χ0n) is 46.2. The molecule has 0 amide bonds. The second-order valence-corrected chi connectivity index (χ2v) is 12.5. The van der Waals surface area contributed by atoms with Crippen LogP contribution in [0, 0.1) is 12.8 Å². The van der Waals surface area contributed by atoms with Crippen molar-refractivity contribution in [2.24, 2.45) is 23.1 Å². The molecule has 66 heavy (non-hydrogen) atoms. The van der Waals surface area contributed by atoms with Gasteiger partial charge in [-0.05, 0) is 105 Å². The first-order chi connectivity index (χ1) is 31.6. The maximum atomic E-state index is 11.2. The number of nitrogens with two attached hydrogens (primary N) is 6. The number of aliphatic carboxylic acids is 1. The van der Waals surface area contributed by atoms with Crippen molar-refractivity contribution in [3.05, 3.63) is 125 Å². The minimum absolute atomic E-state index is 0.0669. The van der Waals surface area contributed by atoms with Gasteiger partial charge in [0.2, 0.25) is 0 Å². The van der Waals surface area contributed by atoms with Gasteiger partial charge >= 0.3 is 11.9 Å². The average molecular weight is 928 g/mol. The molecule has 4 atom stereocenters. The number of hydrogen-bond donors (Lipinski definition) is 7. The van der Waals surface area contributed by atoms with Gasteiger partial charge in [-0.1, -0.05) is 191 Å². The van der Waals surface area contributed by atoms with Gasteiger partial charge in [-0.25, -0.2) is 0 Å². The zero-order chi connectivity index (χ0) is 53.6. The smallest absolute Gasteiger partial charge is 0.320 e. The lowest BCUT2D eigenvalue weighted by Crippen LogP contribution is -2.32. The number of rotatable bonds is 11. The molecule has 0 saturated heterocycles. The second-order valence-electron chi connectivity index (χ2n) is 12.5. The highest BCUT2D eigenvalue weighted by molar-refractivity contribution is 5.73. The largest absolute Gasteiger partial charge is 0.480 e. The summed E-state index contributed by atoms with van der Waals surface area (Å²) in [6.07, 6.45) is 3.95. The van der Waals surface area contributed by atoms with Gasteiger partial charge in [-0.2, -0.15) is 0 Å². The van der Waals surface area contributed by atoms with E-state index in [1.54, 1.807) is 24.3 Å². The molecule has 0 fully saturated rings. The highest BCUT2D eigenvalue weighted by atomic mass is 16.5. The van der Waals surface area contributed by atoms with Crippen molar-refractivity contribution < 1.29 is 19.4 Å². The van der Waals surface area contributed by atoms with Crippen molar-refractivity contribution in [1.82, 2.24) is 0 Å². The summed E-state index contributed by atoms with van der Waals surface area (Å²) in [5.74, 6) is -1.20. The molecule has 4 aromatic rings. The number of esters is 1. The van der Waals surface area contributed by atoms with Crippen LogP contribution >= 0.6 is 0 Å². The van der Waals surface area contributed by atoms with Gasteiger partial charge in [0.1, 0.15) is 6.04 Å². The monoisotopic (exact) mass is 927 g/mol. The fourth-order valence-electron chi connectivity index (χ4n) is 4.48. The van der Waals surface area contributed by atoms with Crippen LogP contribution in [0.5, 0.6) is 0 Å². The number of benzene rings is 4. The Bertz CT molecular complexity index is 1510. The van der Waals surface area contributed by atoms with Crippen molar-refractivity contribution in [1.29, 1.82) is 0 Å². The number of anilines is 3. The Morgan fingerprint density at radius 1 is 0.485 bits per heavy atom. The summed E-state index contributed by atoms with van der Waals surface area (Å²) in [6, 6.07) is 30.6. The minimum Gasteiger partial charge on any atom is -0.480 e. The Morgan fingerprint density at radius 3 is 1.03 bits per heavy atom. The lowest BCUT2D eigenvalue weighted by atomic mass is 10.0. The number of aryl methyl sites for hydroxylation is 1. The van der Waals surface area contributed by atoms with E-state index in [1.165, 1.54) is 29.4 Å². The van der Waals surface area contributed by atoms with Gasteiger partial charge in [0.05, 0.1) is 13.0 Å². The number of carboxylic acid groups (broad SMARTS) is 1. The molecule has 0 aliphatic heterocycles. The van der Waals surface area contributed by atoms with Crippen LogP contribution in [0.25, 0.3) is 0 Å². The fourth-order valence-corrected chi connectivity index (χ4v) is 4.48. The summed E-state index contributed by atoms with van der Waals surface area (Å²) in [5, 5.41) is 8.55. The van der Waals surface area contributed by atoms with Gasteiger partial charge in [-0.15, -0.1) is 0 Å². The summed E-state index contributed by atoms with van der Waals surface area (Å²) in [5.41, 5.74) is 41.4. The molecule has 0 heterocycles. The molecule has 0 aliphatic rings. The molecular formula is C56H106N6O4. The van der Waals surface area contributed by atoms with E-state index in [0.717, 1.165) is 42.6 Å². The topological polar surface area (TPSA) is 220 Å². The number of ether oxygens (including phenoxy) is 1. The van der Waals surface area contributed by atoms with E-state index in [1.807, 2.05) is 180 Å². The molecule has 13 N–H and O–H groups in total. The van der Waals surface area contributed by atoms with Crippen LogP contribution in [-0.2, 0) is 40.0 Å². The van der Waals surface area contributed by atoms with Crippen molar-refractivity contribution in [2.75, 3.05) is 24.3 Å². The first kappa shape index (κ1) is 78.3. The van der Waals surface area contributed by atoms with Crippen LogP contribution in [-0.4, -0.2) is 42.3 Å². The zero-order valence-corrected chi connectivity index (χ0v) is 46.2. The van der Waals surface area contributed by atoms with Gasteiger partial charge in [0, 0.05) is 29.1 Å². The Balaban J connectivity index is -0.000000103. The van der Waals surface area contributed by atoms with E-state index < -0.39 is 12.0 Å². The van der Waals surface area contributed by atoms with Gasteiger partial charge in [0.25, 0.3) is 0 Å². The van der Waals surface area contributed by atoms with Crippen LogP contribution in [0.3, 0.4) is 0 Å². The number of carbonyl (C=O) groups is 2. The van der Waals surface area contributed by atoms with Crippen LogP contribution in [0.15, 0.2) is 97.1 Å². The molecule has 10 nitrogen and oxygen atoms in total.